The highest BCUT2D eigenvalue weighted by Crippen LogP contribution is 2.16. The van der Waals surface area contributed by atoms with E-state index in [4.69, 9.17) is 14.2 Å². The quantitative estimate of drug-likeness (QED) is 0.362. The maximum atomic E-state index is 11.6. The molecule has 0 aliphatic rings. The van der Waals surface area contributed by atoms with Crippen molar-refractivity contribution in [1.82, 2.24) is 0 Å². The van der Waals surface area contributed by atoms with Gasteiger partial charge in [0.15, 0.2) is 16.1 Å². The summed E-state index contributed by atoms with van der Waals surface area (Å²) in [6.07, 6.45) is 1.31. The first-order chi connectivity index (χ1) is 8.85. The summed E-state index contributed by atoms with van der Waals surface area (Å²) < 4.78 is 38.5. The van der Waals surface area contributed by atoms with Crippen LogP contribution in [0.4, 0.5) is 0 Å². The lowest BCUT2D eigenvalue weighted by Crippen LogP contribution is -2.21. The normalized spacial score (nSPS) is 12.8. The van der Waals surface area contributed by atoms with E-state index in [1.54, 1.807) is 20.8 Å². The van der Waals surface area contributed by atoms with Gasteiger partial charge in [-0.25, -0.2) is 13.2 Å². The second kappa shape index (κ2) is 9.06. The Kier molecular flexibility index (Phi) is 8.62. The van der Waals surface area contributed by atoms with Gasteiger partial charge in [-0.05, 0) is 20.8 Å². The van der Waals surface area contributed by atoms with Crippen LogP contribution in [0.5, 0.6) is 0 Å². The van der Waals surface area contributed by atoms with Crippen molar-refractivity contribution in [2.45, 2.75) is 33.5 Å². The zero-order chi connectivity index (χ0) is 14.9. The minimum atomic E-state index is -3.51. The molecule has 0 spiro atoms. The molecule has 0 unspecified atom stereocenters. The van der Waals surface area contributed by atoms with Crippen molar-refractivity contribution in [1.29, 1.82) is 0 Å². The van der Waals surface area contributed by atoms with Crippen LogP contribution in [-0.2, 0) is 28.8 Å². The number of hydrogen-bond donors (Lipinski definition) is 0. The number of rotatable bonds is 9. The highest BCUT2D eigenvalue weighted by molar-refractivity contribution is 7.94. The van der Waals surface area contributed by atoms with Crippen molar-refractivity contribution in [2.24, 2.45) is 0 Å². The molecule has 0 fully saturated rings. The van der Waals surface area contributed by atoms with E-state index < -0.39 is 22.1 Å². The van der Waals surface area contributed by atoms with Gasteiger partial charge in [0.2, 0.25) is 0 Å². The van der Waals surface area contributed by atoms with Gasteiger partial charge in [0.05, 0.1) is 11.5 Å². The van der Waals surface area contributed by atoms with Crippen molar-refractivity contribution in [3.05, 3.63) is 11.0 Å². The number of ether oxygens (including phenoxy) is 3. The first-order valence-corrected chi connectivity index (χ1v) is 8.04. The molecule has 0 aromatic heterocycles. The maximum Gasteiger partial charge on any atom is 0.331 e. The molecule has 0 aliphatic carbocycles. The van der Waals surface area contributed by atoms with Gasteiger partial charge in [-0.2, -0.15) is 0 Å². The van der Waals surface area contributed by atoms with Crippen molar-refractivity contribution >= 4 is 15.8 Å². The summed E-state index contributed by atoms with van der Waals surface area (Å²) in [7, 11) is -3.51. The second-order valence-corrected chi connectivity index (χ2v) is 5.75. The molecular weight excluding hydrogens is 272 g/mol. The number of esters is 1. The molecule has 112 valence electrons. The summed E-state index contributed by atoms with van der Waals surface area (Å²) >= 11 is 0. The third-order valence-corrected chi connectivity index (χ3v) is 3.35. The fourth-order valence-corrected chi connectivity index (χ4v) is 2.08. The number of hydrogen-bond acceptors (Lipinski definition) is 6. The summed E-state index contributed by atoms with van der Waals surface area (Å²) in [4.78, 5) is 11.3. The smallest absolute Gasteiger partial charge is 0.331 e. The predicted molar refractivity (Wildman–Crippen MR) is 71.2 cm³/mol. The van der Waals surface area contributed by atoms with Crippen molar-refractivity contribution in [3.8, 4) is 0 Å². The monoisotopic (exact) mass is 294 g/mol. The number of sulfone groups is 1. The Morgan fingerprint density at radius 3 is 2.00 bits per heavy atom. The Hall–Kier alpha value is -0.920. The first-order valence-electron chi connectivity index (χ1n) is 6.15. The van der Waals surface area contributed by atoms with Gasteiger partial charge in [0.25, 0.3) is 0 Å². The predicted octanol–water partition coefficient (Wildman–Crippen LogP) is 1.27. The molecule has 0 heterocycles. The molecule has 0 amide bonds. The fraction of sp³-hybridized carbons (Fsp3) is 0.750. The van der Waals surface area contributed by atoms with Crippen molar-refractivity contribution in [2.75, 3.05) is 26.1 Å². The second-order valence-electron chi connectivity index (χ2n) is 3.68. The maximum absolute atomic E-state index is 11.6. The molecule has 0 rings (SSSR count). The van der Waals surface area contributed by atoms with E-state index in [9.17, 15) is 13.2 Å². The van der Waals surface area contributed by atoms with E-state index in [0.29, 0.717) is 13.2 Å². The Morgan fingerprint density at radius 2 is 1.63 bits per heavy atom. The van der Waals surface area contributed by atoms with Crippen LogP contribution in [0.2, 0.25) is 0 Å². The summed E-state index contributed by atoms with van der Waals surface area (Å²) in [5.74, 6) is -0.685. The molecule has 0 atom stereocenters. The lowest BCUT2D eigenvalue weighted by molar-refractivity contribution is -0.137. The zero-order valence-electron chi connectivity index (χ0n) is 11.8. The van der Waals surface area contributed by atoms with Gasteiger partial charge in [-0.3, -0.25) is 0 Å². The van der Waals surface area contributed by atoms with Crippen LogP contribution in [0.1, 0.15) is 27.2 Å². The molecule has 0 aromatic carbocycles. The lowest BCUT2D eigenvalue weighted by Gasteiger charge is -2.17. The van der Waals surface area contributed by atoms with Gasteiger partial charge in [0, 0.05) is 32.0 Å². The van der Waals surface area contributed by atoms with Gasteiger partial charge in [0.1, 0.15) is 0 Å². The molecule has 0 bridgehead atoms. The molecule has 0 radical (unpaired) electrons. The zero-order valence-corrected chi connectivity index (χ0v) is 12.7. The topological polar surface area (TPSA) is 78.9 Å². The standard InChI is InChI=1S/C12H22O6S/c1-5-16-11(13)8-10(19(4,14)15)9-12(17-6-2)18-7-3/h8,12H,5-7,9H2,1-4H3. The highest BCUT2D eigenvalue weighted by atomic mass is 32.2. The lowest BCUT2D eigenvalue weighted by atomic mass is 10.3. The van der Waals surface area contributed by atoms with E-state index in [0.717, 1.165) is 12.3 Å². The summed E-state index contributed by atoms with van der Waals surface area (Å²) in [6, 6.07) is 0. The molecule has 0 saturated carbocycles. The average molecular weight is 294 g/mol. The molecular formula is C12H22O6S. The van der Waals surface area contributed by atoms with Gasteiger partial charge >= 0.3 is 5.97 Å². The third-order valence-electron chi connectivity index (χ3n) is 2.11. The molecule has 0 saturated heterocycles. The third kappa shape index (κ3) is 7.97. The van der Waals surface area contributed by atoms with E-state index >= 15 is 0 Å². The molecule has 6 nitrogen and oxygen atoms in total. The molecule has 0 aromatic rings. The summed E-state index contributed by atoms with van der Waals surface area (Å²) in [5, 5.41) is 0. The van der Waals surface area contributed by atoms with Crippen LogP contribution in [0.15, 0.2) is 11.0 Å². The van der Waals surface area contributed by atoms with E-state index in [-0.39, 0.29) is 17.9 Å². The van der Waals surface area contributed by atoms with Crippen LogP contribution in [0.25, 0.3) is 0 Å². The Balaban J connectivity index is 5.00. The Labute approximate surface area is 114 Å². The van der Waals surface area contributed by atoms with E-state index in [1.165, 1.54) is 0 Å². The van der Waals surface area contributed by atoms with Crippen LogP contribution >= 0.6 is 0 Å². The van der Waals surface area contributed by atoms with Crippen molar-refractivity contribution in [3.63, 3.8) is 0 Å². The van der Waals surface area contributed by atoms with Crippen molar-refractivity contribution < 1.29 is 27.4 Å². The SMILES string of the molecule is CCOC(=O)C=C(CC(OCC)OCC)S(C)(=O)=O. The largest absolute Gasteiger partial charge is 0.463 e. The van der Waals surface area contributed by atoms with Crippen LogP contribution < -0.4 is 0 Å². The minimum absolute atomic E-state index is 0.0146. The summed E-state index contributed by atoms with van der Waals surface area (Å²) in [5.41, 5.74) is 0. The van der Waals surface area contributed by atoms with Crippen LogP contribution in [0, 0.1) is 0 Å². The van der Waals surface area contributed by atoms with E-state index in [2.05, 4.69) is 0 Å². The molecule has 7 heteroatoms. The molecule has 0 N–H and O–H groups in total. The summed E-state index contributed by atoms with van der Waals surface area (Å²) in [6.45, 7) is 6.17. The fourth-order valence-electron chi connectivity index (χ4n) is 1.33. The Bertz CT molecular complexity index is 392. The minimum Gasteiger partial charge on any atom is -0.463 e. The first kappa shape index (κ1) is 18.1. The van der Waals surface area contributed by atoms with Gasteiger partial charge < -0.3 is 14.2 Å². The highest BCUT2D eigenvalue weighted by Gasteiger charge is 2.20. The van der Waals surface area contributed by atoms with E-state index in [1.807, 2.05) is 0 Å². The van der Waals surface area contributed by atoms with Crippen LogP contribution in [0.3, 0.4) is 0 Å². The number of carbonyl (C=O) groups excluding carboxylic acids is 1. The van der Waals surface area contributed by atoms with Gasteiger partial charge in [-0.15, -0.1) is 0 Å². The average Bonchev–Trinajstić information content (AvgIpc) is 2.27. The van der Waals surface area contributed by atoms with Gasteiger partial charge in [-0.1, -0.05) is 0 Å². The van der Waals surface area contributed by atoms with Crippen LogP contribution in [-0.4, -0.2) is 46.8 Å². The Morgan fingerprint density at radius 1 is 1.11 bits per heavy atom. The molecule has 0 aliphatic heterocycles. The number of carbonyl (C=O) groups is 1. The molecule has 19 heavy (non-hydrogen) atoms.